The van der Waals surface area contributed by atoms with Gasteiger partial charge < -0.3 is 9.47 Å². The molecule has 0 saturated carbocycles. The van der Waals surface area contributed by atoms with Crippen LogP contribution in [-0.2, 0) is 0 Å². The van der Waals surface area contributed by atoms with Gasteiger partial charge >= 0.3 is 41.8 Å². The summed E-state index contributed by atoms with van der Waals surface area (Å²) in [7, 11) is 0. The first-order chi connectivity index (χ1) is 20.1. The Balaban J connectivity index is 1.97. The molecule has 0 heterocycles. The van der Waals surface area contributed by atoms with E-state index in [-0.39, 0.29) is 16.2 Å². The van der Waals surface area contributed by atoms with Crippen LogP contribution in [0.1, 0.15) is 49.4 Å². The predicted molar refractivity (Wildman–Crippen MR) is 134 cm³/mol. The molecule has 0 spiro atoms. The minimum atomic E-state index is -7.92. The zero-order valence-electron chi connectivity index (χ0n) is 22.6. The maximum absolute atomic E-state index is 13.9. The summed E-state index contributed by atoms with van der Waals surface area (Å²) in [4.78, 5) is 12.3. The summed E-state index contributed by atoms with van der Waals surface area (Å²) in [5.74, 6) is -38.4. The topological polar surface area (TPSA) is 35.5 Å². The highest BCUT2D eigenvalue weighted by Crippen LogP contribution is 2.60. The molecule has 44 heavy (non-hydrogen) atoms. The molecule has 0 amide bonds. The van der Waals surface area contributed by atoms with Gasteiger partial charge in [-0.15, -0.1) is 11.8 Å². The quantitative estimate of drug-likeness (QED) is 0.0583. The summed E-state index contributed by atoms with van der Waals surface area (Å²) >= 11 is 0.299. The van der Waals surface area contributed by atoms with Gasteiger partial charge in [0.15, 0.2) is 0 Å². The lowest BCUT2D eigenvalue weighted by Crippen LogP contribution is -2.70. The number of rotatable bonds is 16. The number of alkyl halides is 13. The maximum atomic E-state index is 13.9. The summed E-state index contributed by atoms with van der Waals surface area (Å²) < 4.78 is 182. The number of carbonyl (C=O) groups excluding carboxylic acids is 1. The second-order valence-electron chi connectivity index (χ2n) is 9.39. The smallest absolute Gasteiger partial charge is 0.460 e. The number of ether oxygens (including phenoxy) is 2. The van der Waals surface area contributed by atoms with Crippen molar-refractivity contribution >= 4 is 17.7 Å². The Morgan fingerprint density at radius 3 is 1.70 bits per heavy atom. The Hall–Kier alpha value is -2.85. The van der Waals surface area contributed by atoms with Crippen molar-refractivity contribution in [1.29, 1.82) is 0 Å². The minimum Gasteiger partial charge on any atom is -0.494 e. The van der Waals surface area contributed by atoms with Crippen LogP contribution in [0, 0.1) is 0 Å². The number of hydrogen-bond donors (Lipinski definition) is 0. The van der Waals surface area contributed by atoms with Gasteiger partial charge in [-0.2, -0.15) is 57.1 Å². The fraction of sp³-hybridized carbons (Fsp3) is 0.519. The van der Waals surface area contributed by atoms with Gasteiger partial charge in [0.1, 0.15) is 11.5 Å². The van der Waals surface area contributed by atoms with E-state index in [2.05, 4.69) is 6.92 Å². The van der Waals surface area contributed by atoms with E-state index in [1.807, 2.05) is 0 Å². The van der Waals surface area contributed by atoms with Crippen molar-refractivity contribution in [2.75, 3.05) is 12.4 Å². The van der Waals surface area contributed by atoms with E-state index in [0.717, 1.165) is 49.9 Å². The second-order valence-corrected chi connectivity index (χ2v) is 10.6. The van der Waals surface area contributed by atoms with Crippen LogP contribution in [0.25, 0.3) is 0 Å². The van der Waals surface area contributed by atoms with Crippen LogP contribution in [0.4, 0.5) is 57.1 Å². The standard InChI is InChI=1S/C27H25F13O3S/c1-2-3-4-5-15-42-18-8-6-17(7-9-18)21(41)43-19-10-12-20(13-11-19)44-16-14-22(28,29)23(30,31)24(32,33)25(34,35)26(36,37)27(38,39)40/h6-13H,2-5,14-16H2,1H3. The van der Waals surface area contributed by atoms with Crippen LogP contribution >= 0.6 is 11.8 Å². The first-order valence-corrected chi connectivity index (χ1v) is 13.7. The van der Waals surface area contributed by atoms with Crippen molar-refractivity contribution in [3.05, 3.63) is 54.1 Å². The molecule has 0 aliphatic heterocycles. The van der Waals surface area contributed by atoms with Gasteiger partial charge in [-0.1, -0.05) is 26.2 Å². The Labute approximate surface area is 247 Å². The van der Waals surface area contributed by atoms with Crippen LogP contribution in [0.3, 0.4) is 0 Å². The SMILES string of the molecule is CCCCCCOc1ccc(C(=O)Oc2ccc(SCCC(F)(F)C(F)(F)C(F)(F)C(F)(F)C(F)(F)C(F)(F)F)cc2)cc1. The molecule has 0 radical (unpaired) electrons. The van der Waals surface area contributed by atoms with Gasteiger partial charge in [0.25, 0.3) is 0 Å². The van der Waals surface area contributed by atoms with Gasteiger partial charge in [0.05, 0.1) is 12.2 Å². The molecule has 248 valence electrons. The first kappa shape index (κ1) is 37.3. The number of thioether (sulfide) groups is 1. The third-order valence-electron chi connectivity index (χ3n) is 6.07. The molecule has 0 aliphatic rings. The van der Waals surface area contributed by atoms with E-state index in [9.17, 15) is 61.9 Å². The summed E-state index contributed by atoms with van der Waals surface area (Å²) in [6, 6.07) is 10.5. The van der Waals surface area contributed by atoms with Crippen molar-refractivity contribution in [2.24, 2.45) is 0 Å². The fourth-order valence-corrected chi connectivity index (χ4v) is 4.35. The van der Waals surface area contributed by atoms with Crippen LogP contribution < -0.4 is 9.47 Å². The van der Waals surface area contributed by atoms with E-state index in [4.69, 9.17) is 9.47 Å². The molecule has 0 atom stereocenters. The molecular formula is C27H25F13O3S. The lowest BCUT2D eigenvalue weighted by Gasteiger charge is -2.39. The van der Waals surface area contributed by atoms with E-state index < -0.39 is 53.9 Å². The van der Waals surface area contributed by atoms with Crippen LogP contribution in [0.15, 0.2) is 53.4 Å². The average molecular weight is 677 g/mol. The minimum absolute atomic E-state index is 0.00467. The van der Waals surface area contributed by atoms with Gasteiger partial charge in [-0.05, 0) is 55.0 Å². The monoisotopic (exact) mass is 676 g/mol. The maximum Gasteiger partial charge on any atom is 0.460 e. The van der Waals surface area contributed by atoms with E-state index in [1.54, 1.807) is 12.1 Å². The zero-order valence-corrected chi connectivity index (χ0v) is 23.4. The van der Waals surface area contributed by atoms with Crippen molar-refractivity contribution in [3.63, 3.8) is 0 Å². The third-order valence-corrected chi connectivity index (χ3v) is 7.09. The van der Waals surface area contributed by atoms with Crippen molar-refractivity contribution in [3.8, 4) is 11.5 Å². The molecule has 17 heteroatoms. The van der Waals surface area contributed by atoms with E-state index >= 15 is 0 Å². The Morgan fingerprint density at radius 2 is 1.18 bits per heavy atom. The summed E-state index contributed by atoms with van der Waals surface area (Å²) in [6.45, 7) is 2.57. The molecule has 0 bridgehead atoms. The number of benzene rings is 2. The normalized spacial score (nSPS) is 13.6. The van der Waals surface area contributed by atoms with Gasteiger partial charge in [0.2, 0.25) is 0 Å². The van der Waals surface area contributed by atoms with Crippen molar-refractivity contribution in [1.82, 2.24) is 0 Å². The molecule has 0 aromatic heterocycles. The van der Waals surface area contributed by atoms with Crippen LogP contribution in [0.5, 0.6) is 11.5 Å². The van der Waals surface area contributed by atoms with E-state index in [1.165, 1.54) is 12.1 Å². The molecule has 0 fully saturated rings. The first-order valence-electron chi connectivity index (χ1n) is 12.8. The number of esters is 1. The molecule has 0 aliphatic carbocycles. The Bertz CT molecular complexity index is 1220. The van der Waals surface area contributed by atoms with Gasteiger partial charge in [-0.25, -0.2) is 4.79 Å². The second kappa shape index (κ2) is 14.1. The summed E-state index contributed by atoms with van der Waals surface area (Å²) in [6.07, 6.45) is -5.74. The Morgan fingerprint density at radius 1 is 0.659 bits per heavy atom. The number of unbranched alkanes of at least 4 members (excludes halogenated alkanes) is 3. The molecule has 2 aromatic carbocycles. The molecule has 0 saturated heterocycles. The summed E-state index contributed by atoms with van der Waals surface area (Å²) in [5, 5.41) is 0. The molecule has 2 rings (SSSR count). The lowest BCUT2D eigenvalue weighted by atomic mass is 9.93. The van der Waals surface area contributed by atoms with Crippen molar-refractivity contribution in [2.45, 2.75) is 79.7 Å². The van der Waals surface area contributed by atoms with Gasteiger partial charge in [-0.3, -0.25) is 0 Å². The number of halogens is 13. The largest absolute Gasteiger partial charge is 0.494 e. The lowest BCUT2D eigenvalue weighted by molar-refractivity contribution is -0.439. The molecule has 3 nitrogen and oxygen atoms in total. The molecule has 2 aromatic rings. The third kappa shape index (κ3) is 8.05. The summed E-state index contributed by atoms with van der Waals surface area (Å²) in [5.41, 5.74) is 0.139. The predicted octanol–water partition coefficient (Wildman–Crippen LogP) is 10.1. The highest BCUT2D eigenvalue weighted by Gasteiger charge is 2.90. The molecule has 0 N–H and O–H groups in total. The zero-order chi connectivity index (χ0) is 33.6. The van der Waals surface area contributed by atoms with Gasteiger partial charge in [0, 0.05) is 17.1 Å². The highest BCUT2D eigenvalue weighted by molar-refractivity contribution is 7.99. The van der Waals surface area contributed by atoms with E-state index in [0.29, 0.717) is 24.1 Å². The molecular weight excluding hydrogens is 651 g/mol. The van der Waals surface area contributed by atoms with Crippen LogP contribution in [-0.4, -0.2) is 54.1 Å². The number of carbonyl (C=O) groups is 1. The van der Waals surface area contributed by atoms with Crippen LogP contribution in [0.2, 0.25) is 0 Å². The molecule has 0 unspecified atom stereocenters. The highest BCUT2D eigenvalue weighted by atomic mass is 32.2. The number of hydrogen-bond acceptors (Lipinski definition) is 4. The fourth-order valence-electron chi connectivity index (χ4n) is 3.43. The average Bonchev–Trinajstić information content (AvgIpc) is 2.93. The Kier molecular flexibility index (Phi) is 11.9. The van der Waals surface area contributed by atoms with Crippen molar-refractivity contribution < 1.29 is 71.3 Å².